The Bertz CT molecular complexity index is 615. The summed E-state index contributed by atoms with van der Waals surface area (Å²) >= 11 is 3.51. The van der Waals surface area contributed by atoms with Crippen LogP contribution >= 0.6 is 15.9 Å². The molecule has 0 aliphatic carbocycles. The molecule has 3 aromatic rings. The summed E-state index contributed by atoms with van der Waals surface area (Å²) in [5, 5.41) is 10.2. The first kappa shape index (κ1) is 7.94. The minimum Gasteiger partial charge on any atom is -0.289 e. The molecule has 2 aromatic heterocycles. The largest absolute Gasteiger partial charge is 0.289 e. The van der Waals surface area contributed by atoms with Crippen molar-refractivity contribution in [2.75, 3.05) is 0 Å². The second kappa shape index (κ2) is 2.78. The van der Waals surface area contributed by atoms with E-state index in [0.29, 0.717) is 0 Å². The number of hydrogen-bond acceptors (Lipinski definition) is 2. The predicted octanol–water partition coefficient (Wildman–Crippen LogP) is 2.65. The molecule has 14 heavy (non-hydrogen) atoms. The van der Waals surface area contributed by atoms with Crippen molar-refractivity contribution in [3.63, 3.8) is 0 Å². The van der Waals surface area contributed by atoms with Crippen molar-refractivity contribution in [1.82, 2.24) is 14.6 Å². The van der Waals surface area contributed by atoms with Crippen molar-refractivity contribution in [3.8, 4) is 0 Å². The van der Waals surface area contributed by atoms with Gasteiger partial charge in [-0.25, -0.2) is 0 Å². The zero-order valence-corrected chi connectivity index (χ0v) is 8.77. The third-order valence-corrected chi connectivity index (χ3v) is 2.96. The van der Waals surface area contributed by atoms with Gasteiger partial charge in [0.15, 0.2) is 5.65 Å². The number of rotatable bonds is 0. The van der Waals surface area contributed by atoms with Crippen LogP contribution in [0.5, 0.6) is 0 Å². The van der Waals surface area contributed by atoms with Crippen LogP contribution in [-0.2, 0) is 0 Å². The summed E-state index contributed by atoms with van der Waals surface area (Å²) in [6.07, 6.45) is 3.66. The Morgan fingerprint density at radius 2 is 2.07 bits per heavy atom. The van der Waals surface area contributed by atoms with Gasteiger partial charge in [-0.2, -0.15) is 0 Å². The molecule has 0 N–H and O–H groups in total. The highest BCUT2D eigenvalue weighted by Crippen LogP contribution is 2.25. The van der Waals surface area contributed by atoms with Gasteiger partial charge in [0.2, 0.25) is 0 Å². The van der Waals surface area contributed by atoms with Crippen LogP contribution in [0.2, 0.25) is 0 Å². The minimum absolute atomic E-state index is 0.892. The molecule has 0 saturated carbocycles. The fourth-order valence-electron chi connectivity index (χ4n) is 1.60. The monoisotopic (exact) mass is 247 g/mol. The van der Waals surface area contributed by atoms with Crippen molar-refractivity contribution >= 4 is 32.3 Å². The Balaban J connectivity index is 2.64. The number of nitrogens with zero attached hydrogens (tertiary/aromatic N) is 3. The predicted molar refractivity (Wildman–Crippen MR) is 58.2 cm³/mol. The summed E-state index contributed by atoms with van der Waals surface area (Å²) in [7, 11) is 0. The maximum Gasteiger partial charge on any atom is 0.168 e. The SMILES string of the molecule is Brc1cccc2c1ccn1cnnc21. The molecular formula is C10H6BrN3. The van der Waals surface area contributed by atoms with Gasteiger partial charge in [-0.15, -0.1) is 10.2 Å². The Morgan fingerprint density at radius 1 is 1.14 bits per heavy atom. The van der Waals surface area contributed by atoms with Crippen LogP contribution in [0.25, 0.3) is 16.4 Å². The van der Waals surface area contributed by atoms with Gasteiger partial charge in [0.1, 0.15) is 6.33 Å². The molecule has 3 rings (SSSR count). The minimum atomic E-state index is 0.892. The number of fused-ring (bicyclic) bond motifs is 3. The van der Waals surface area contributed by atoms with Gasteiger partial charge in [0.05, 0.1) is 0 Å². The molecule has 0 aliphatic rings. The number of halogens is 1. The van der Waals surface area contributed by atoms with Gasteiger partial charge in [0, 0.05) is 21.4 Å². The molecule has 2 heterocycles. The summed E-state index contributed by atoms with van der Waals surface area (Å²) in [6.45, 7) is 0. The zero-order valence-electron chi connectivity index (χ0n) is 7.18. The molecule has 68 valence electrons. The highest BCUT2D eigenvalue weighted by molar-refractivity contribution is 9.10. The lowest BCUT2D eigenvalue weighted by atomic mass is 10.2. The maximum absolute atomic E-state index is 4.08. The topological polar surface area (TPSA) is 30.2 Å². The first-order valence-corrected chi connectivity index (χ1v) is 5.02. The van der Waals surface area contributed by atoms with Gasteiger partial charge >= 0.3 is 0 Å². The summed E-state index contributed by atoms with van der Waals surface area (Å²) < 4.78 is 3.00. The lowest BCUT2D eigenvalue weighted by Gasteiger charge is -2.00. The molecule has 0 amide bonds. The van der Waals surface area contributed by atoms with E-state index in [1.807, 2.05) is 28.8 Å². The van der Waals surface area contributed by atoms with Crippen molar-refractivity contribution in [2.24, 2.45) is 0 Å². The molecule has 3 nitrogen and oxygen atoms in total. The van der Waals surface area contributed by atoms with Gasteiger partial charge < -0.3 is 0 Å². The van der Waals surface area contributed by atoms with Crippen molar-refractivity contribution in [2.45, 2.75) is 0 Å². The summed E-state index contributed by atoms with van der Waals surface area (Å²) in [5.41, 5.74) is 0.892. The van der Waals surface area contributed by atoms with Crippen LogP contribution in [-0.4, -0.2) is 14.6 Å². The van der Waals surface area contributed by atoms with Crippen LogP contribution in [0.4, 0.5) is 0 Å². The highest BCUT2D eigenvalue weighted by atomic mass is 79.9. The third-order valence-electron chi connectivity index (χ3n) is 2.27. The van der Waals surface area contributed by atoms with E-state index >= 15 is 0 Å². The smallest absolute Gasteiger partial charge is 0.168 e. The number of pyridine rings is 1. The third kappa shape index (κ3) is 0.974. The molecule has 0 atom stereocenters. The van der Waals surface area contributed by atoms with E-state index in [2.05, 4.69) is 32.2 Å². The highest BCUT2D eigenvalue weighted by Gasteiger charge is 2.03. The Labute approximate surface area is 88.5 Å². The Kier molecular flexibility index (Phi) is 1.58. The maximum atomic E-state index is 4.08. The van der Waals surface area contributed by atoms with Crippen LogP contribution in [0.1, 0.15) is 0 Å². The van der Waals surface area contributed by atoms with Crippen LogP contribution < -0.4 is 0 Å². The molecule has 1 aromatic carbocycles. The summed E-state index contributed by atoms with van der Waals surface area (Å²) in [5.74, 6) is 0. The molecule has 0 bridgehead atoms. The van der Waals surface area contributed by atoms with E-state index in [1.54, 1.807) is 6.33 Å². The quantitative estimate of drug-likeness (QED) is 0.612. The van der Waals surface area contributed by atoms with E-state index in [4.69, 9.17) is 0 Å². The van der Waals surface area contributed by atoms with Gasteiger partial charge in [0.25, 0.3) is 0 Å². The fraction of sp³-hybridized carbons (Fsp3) is 0. The first-order valence-electron chi connectivity index (χ1n) is 4.23. The molecule has 0 unspecified atom stereocenters. The lowest BCUT2D eigenvalue weighted by molar-refractivity contribution is 1.10. The van der Waals surface area contributed by atoms with Crippen LogP contribution in [0.3, 0.4) is 0 Å². The fourth-order valence-corrected chi connectivity index (χ4v) is 2.10. The van der Waals surface area contributed by atoms with Gasteiger partial charge in [-0.3, -0.25) is 4.40 Å². The number of aromatic nitrogens is 3. The van der Waals surface area contributed by atoms with E-state index in [0.717, 1.165) is 20.9 Å². The number of benzene rings is 1. The zero-order chi connectivity index (χ0) is 9.54. The average molecular weight is 248 g/mol. The van der Waals surface area contributed by atoms with Gasteiger partial charge in [-0.05, 0) is 12.1 Å². The molecule has 0 aliphatic heterocycles. The molecule has 0 fully saturated rings. The van der Waals surface area contributed by atoms with E-state index in [-0.39, 0.29) is 0 Å². The molecule has 4 heteroatoms. The van der Waals surface area contributed by atoms with E-state index in [1.165, 1.54) is 0 Å². The normalized spacial score (nSPS) is 11.2. The average Bonchev–Trinajstić information content (AvgIpc) is 2.66. The molecule has 0 radical (unpaired) electrons. The van der Waals surface area contributed by atoms with Gasteiger partial charge in [-0.1, -0.05) is 28.1 Å². The lowest BCUT2D eigenvalue weighted by Crippen LogP contribution is -1.84. The Hall–Kier alpha value is -1.42. The van der Waals surface area contributed by atoms with Crippen LogP contribution in [0.15, 0.2) is 41.3 Å². The molecular weight excluding hydrogens is 242 g/mol. The first-order chi connectivity index (χ1) is 6.86. The molecule has 0 saturated heterocycles. The Morgan fingerprint density at radius 3 is 3.00 bits per heavy atom. The number of hydrogen-bond donors (Lipinski definition) is 0. The summed E-state index contributed by atoms with van der Waals surface area (Å²) in [4.78, 5) is 0. The van der Waals surface area contributed by atoms with Crippen molar-refractivity contribution in [3.05, 3.63) is 41.3 Å². The molecule has 0 spiro atoms. The second-order valence-corrected chi connectivity index (χ2v) is 3.93. The second-order valence-electron chi connectivity index (χ2n) is 3.08. The van der Waals surface area contributed by atoms with Crippen molar-refractivity contribution in [1.29, 1.82) is 0 Å². The van der Waals surface area contributed by atoms with E-state index < -0.39 is 0 Å². The van der Waals surface area contributed by atoms with Crippen LogP contribution in [0, 0.1) is 0 Å². The summed E-state index contributed by atoms with van der Waals surface area (Å²) in [6, 6.07) is 8.12. The van der Waals surface area contributed by atoms with Crippen molar-refractivity contribution < 1.29 is 0 Å². The van der Waals surface area contributed by atoms with E-state index in [9.17, 15) is 0 Å². The standard InChI is InChI=1S/C10H6BrN3/c11-9-3-1-2-8-7(9)4-5-14-6-12-13-10(8)14/h1-6H.